The van der Waals surface area contributed by atoms with Crippen molar-refractivity contribution in [1.29, 1.82) is 0 Å². The van der Waals surface area contributed by atoms with Crippen LogP contribution < -0.4 is 10.2 Å². The molecule has 0 spiro atoms. The highest BCUT2D eigenvalue weighted by Crippen LogP contribution is 2.30. The molecule has 2 aromatic heterocycles. The van der Waals surface area contributed by atoms with Gasteiger partial charge in [0.2, 0.25) is 17.8 Å². The van der Waals surface area contributed by atoms with Gasteiger partial charge in [0.05, 0.1) is 24.2 Å². The second-order valence-corrected chi connectivity index (χ2v) is 11.4. The highest BCUT2D eigenvalue weighted by atomic mass is 19.3. The van der Waals surface area contributed by atoms with Crippen LogP contribution in [0.2, 0.25) is 0 Å². The maximum atomic E-state index is 14.2. The second-order valence-electron chi connectivity index (χ2n) is 11.4. The normalized spacial score (nSPS) is 16.5. The van der Waals surface area contributed by atoms with Crippen molar-refractivity contribution < 1.29 is 13.5 Å². The highest BCUT2D eigenvalue weighted by Gasteiger charge is 2.27. The lowest BCUT2D eigenvalue weighted by Gasteiger charge is -2.30. The van der Waals surface area contributed by atoms with E-state index in [1.54, 1.807) is 24.3 Å². The lowest BCUT2D eigenvalue weighted by Crippen LogP contribution is -2.39. The van der Waals surface area contributed by atoms with Gasteiger partial charge >= 0.3 is 0 Å². The number of morpholine rings is 1. The van der Waals surface area contributed by atoms with Gasteiger partial charge in [0.25, 0.3) is 6.43 Å². The average Bonchev–Trinajstić information content (AvgIpc) is 3.38. The molecule has 0 aliphatic carbocycles. The predicted octanol–water partition coefficient (Wildman–Crippen LogP) is 4.74. The van der Waals surface area contributed by atoms with E-state index in [-0.39, 0.29) is 5.95 Å². The van der Waals surface area contributed by atoms with Gasteiger partial charge in [-0.1, -0.05) is 30.3 Å². The summed E-state index contributed by atoms with van der Waals surface area (Å²) < 4.78 is 35.3. The first-order valence-corrected chi connectivity index (χ1v) is 14.2. The molecule has 1 saturated heterocycles. The zero-order chi connectivity index (χ0) is 29.3. The fourth-order valence-electron chi connectivity index (χ4n) is 5.49. The molecule has 2 aliphatic rings. The van der Waals surface area contributed by atoms with E-state index in [1.807, 2.05) is 11.0 Å². The molecule has 0 amide bonds. The molecule has 9 nitrogen and oxygen atoms in total. The zero-order valence-electron chi connectivity index (χ0n) is 24.1. The Morgan fingerprint density at radius 1 is 1.02 bits per heavy atom. The van der Waals surface area contributed by atoms with Crippen LogP contribution in [0.15, 0.2) is 42.5 Å². The fourth-order valence-corrected chi connectivity index (χ4v) is 5.49. The van der Waals surface area contributed by atoms with Crippen LogP contribution in [0, 0.1) is 12.1 Å². The van der Waals surface area contributed by atoms with Gasteiger partial charge in [0, 0.05) is 37.3 Å². The summed E-state index contributed by atoms with van der Waals surface area (Å²) in [5.74, 6) is 0.386. The van der Waals surface area contributed by atoms with E-state index in [4.69, 9.17) is 9.72 Å². The molecule has 4 aromatic rings. The van der Waals surface area contributed by atoms with Gasteiger partial charge in [0.1, 0.15) is 0 Å². The molecule has 0 unspecified atom stereocenters. The number of ether oxygens (including phenoxy) is 1. The molecule has 42 heavy (non-hydrogen) atoms. The van der Waals surface area contributed by atoms with Crippen molar-refractivity contribution in [3.8, 4) is 5.95 Å². The number of alkyl halides is 2. The Morgan fingerprint density at radius 2 is 1.81 bits per heavy atom. The molecule has 2 aromatic carbocycles. The lowest BCUT2D eigenvalue weighted by molar-refractivity contribution is 0.122. The summed E-state index contributed by atoms with van der Waals surface area (Å²) in [5, 5.41) is 3.49. The van der Waals surface area contributed by atoms with Gasteiger partial charge in [-0.3, -0.25) is 4.57 Å². The third kappa shape index (κ3) is 5.91. The van der Waals surface area contributed by atoms with Crippen LogP contribution in [0.4, 0.5) is 20.7 Å². The summed E-state index contributed by atoms with van der Waals surface area (Å²) in [4.78, 5) is 22.6. The van der Waals surface area contributed by atoms with E-state index in [1.165, 1.54) is 10.1 Å². The number of rotatable bonds is 8. The van der Waals surface area contributed by atoms with Crippen LogP contribution in [0.1, 0.15) is 43.6 Å². The molecular formula is C31H34F2N8O. The summed E-state index contributed by atoms with van der Waals surface area (Å²) in [6, 6.07) is 17.4. The van der Waals surface area contributed by atoms with Gasteiger partial charge in [-0.15, -0.1) is 0 Å². The first kappa shape index (κ1) is 28.0. The molecule has 2 aliphatic heterocycles. The number of aromatic nitrogens is 5. The minimum atomic E-state index is -2.81. The van der Waals surface area contributed by atoms with E-state index in [9.17, 15) is 8.78 Å². The van der Waals surface area contributed by atoms with Gasteiger partial charge < -0.3 is 19.9 Å². The topological polar surface area (TPSA) is 84.2 Å². The number of hydrogen-bond donors (Lipinski definition) is 1. The number of fused-ring (bicyclic) bond motifs is 1. The van der Waals surface area contributed by atoms with Crippen molar-refractivity contribution in [2.75, 3.05) is 56.7 Å². The van der Waals surface area contributed by atoms with Crippen LogP contribution >= 0.6 is 0 Å². The van der Waals surface area contributed by atoms with Crippen LogP contribution in [0.3, 0.4) is 0 Å². The Kier molecular flexibility index (Phi) is 7.75. The number of benzene rings is 1. The summed E-state index contributed by atoms with van der Waals surface area (Å²) in [6.45, 7) is 8.28. The van der Waals surface area contributed by atoms with Crippen molar-refractivity contribution >= 4 is 28.5 Å². The van der Waals surface area contributed by atoms with Crippen molar-refractivity contribution in [3.05, 3.63) is 71.6 Å². The molecule has 4 heterocycles. The van der Waals surface area contributed by atoms with Gasteiger partial charge in [-0.25, -0.2) is 13.8 Å². The SMILES string of the molecule is CN1CC=C(c2c#cccc2CC(C)(C)Nc2nc(N3CCOCC3)nc(-n3c(C(F)F)nc4ccccc43)n2)CC1. The molecule has 6 rings (SSSR count). The maximum Gasteiger partial charge on any atom is 0.296 e. The Morgan fingerprint density at radius 3 is 2.57 bits per heavy atom. The number of likely N-dealkylation sites (N-methyl/N-ethyl adjacent to an activating group) is 1. The predicted molar refractivity (Wildman–Crippen MR) is 158 cm³/mol. The van der Waals surface area contributed by atoms with Crippen molar-refractivity contribution in [1.82, 2.24) is 29.4 Å². The first-order valence-electron chi connectivity index (χ1n) is 14.2. The standard InChI is InChI=1S/C31H34F2N8O/c1-31(2,20-22-8-4-5-9-23(22)21-12-14-39(3)15-13-21)38-28-35-29(40-16-18-42-19-17-40)37-30(36-28)41-25-11-7-6-10-24(25)34-27(41)26(32)33/h4,6-8,10-12,26H,13-20H2,1-3H3,(H,35,36,37,38). The molecule has 0 atom stereocenters. The van der Waals surface area contributed by atoms with E-state index in [0.29, 0.717) is 55.7 Å². The number of nitrogens with one attached hydrogen (secondary N) is 1. The van der Waals surface area contributed by atoms with Crippen molar-refractivity contribution in [2.24, 2.45) is 0 Å². The quantitative estimate of drug-likeness (QED) is 0.324. The Labute approximate surface area is 244 Å². The fraction of sp³-hybridized carbons (Fsp3) is 0.419. The van der Waals surface area contributed by atoms with Crippen molar-refractivity contribution in [3.63, 3.8) is 0 Å². The monoisotopic (exact) mass is 572 g/mol. The molecular weight excluding hydrogens is 538 g/mol. The van der Waals surface area contributed by atoms with Crippen LogP contribution in [0.5, 0.6) is 0 Å². The van der Waals surface area contributed by atoms with Crippen LogP contribution in [0.25, 0.3) is 22.6 Å². The molecule has 218 valence electrons. The molecule has 1 N–H and O–H groups in total. The minimum absolute atomic E-state index is 0.0913. The number of imidazole rings is 1. The van der Waals surface area contributed by atoms with E-state index in [0.717, 1.165) is 30.6 Å². The van der Waals surface area contributed by atoms with Crippen LogP contribution in [-0.4, -0.2) is 81.4 Å². The zero-order valence-corrected chi connectivity index (χ0v) is 24.1. The lowest BCUT2D eigenvalue weighted by atomic mass is 9.88. The summed E-state index contributed by atoms with van der Waals surface area (Å²) in [5.41, 5.74) is 3.95. The summed E-state index contributed by atoms with van der Waals surface area (Å²) >= 11 is 0. The number of halogens is 2. The number of nitrogens with zero attached hydrogens (tertiary/aromatic N) is 7. The maximum absolute atomic E-state index is 14.2. The van der Waals surface area contributed by atoms with Gasteiger partial charge in [-0.05, 0) is 69.1 Å². The largest absolute Gasteiger partial charge is 0.378 e. The molecule has 1 fully saturated rings. The first-order chi connectivity index (χ1) is 20.3. The van der Waals surface area contributed by atoms with E-state index in [2.05, 4.69) is 70.3 Å². The van der Waals surface area contributed by atoms with Gasteiger partial charge in [0.15, 0.2) is 5.82 Å². The van der Waals surface area contributed by atoms with Crippen LogP contribution in [-0.2, 0) is 11.2 Å². The molecule has 0 saturated carbocycles. The Bertz CT molecular complexity index is 1600. The van der Waals surface area contributed by atoms with E-state index < -0.39 is 17.8 Å². The Hall–Kier alpha value is -4.14. The van der Waals surface area contributed by atoms with Gasteiger partial charge in [-0.2, -0.15) is 15.0 Å². The number of para-hydroxylation sites is 2. The number of hydrogen-bond acceptors (Lipinski definition) is 8. The molecule has 11 heteroatoms. The third-order valence-corrected chi connectivity index (χ3v) is 7.59. The Balaban J connectivity index is 1.37. The third-order valence-electron chi connectivity index (χ3n) is 7.59. The van der Waals surface area contributed by atoms with E-state index >= 15 is 0 Å². The molecule has 0 radical (unpaired) electrons. The minimum Gasteiger partial charge on any atom is -0.378 e. The second kappa shape index (κ2) is 11.6. The average molecular weight is 573 g/mol. The summed E-state index contributed by atoms with van der Waals surface area (Å²) in [6.07, 6.45) is 1.06. The smallest absolute Gasteiger partial charge is 0.296 e. The van der Waals surface area contributed by atoms with Crippen molar-refractivity contribution in [2.45, 2.75) is 38.7 Å². The highest BCUT2D eigenvalue weighted by molar-refractivity contribution is 5.77. The number of anilines is 2. The molecule has 0 bridgehead atoms. The summed E-state index contributed by atoms with van der Waals surface area (Å²) in [7, 11) is 2.12.